The molecule has 0 spiro atoms. The molecule has 1 amide bonds. The van der Waals surface area contributed by atoms with Crippen molar-refractivity contribution in [2.24, 2.45) is 11.1 Å². The number of tetrazole rings is 1. The molecule has 0 atom stereocenters. The van der Waals surface area contributed by atoms with Gasteiger partial charge in [0, 0.05) is 31.0 Å². The van der Waals surface area contributed by atoms with Crippen LogP contribution < -0.4 is 11.1 Å². The van der Waals surface area contributed by atoms with Crippen LogP contribution in [-0.2, 0) is 9.53 Å². The van der Waals surface area contributed by atoms with Gasteiger partial charge in [-0.15, -0.1) is 17.5 Å². The van der Waals surface area contributed by atoms with Crippen molar-refractivity contribution in [1.29, 1.82) is 0 Å². The van der Waals surface area contributed by atoms with Crippen molar-refractivity contribution in [1.82, 2.24) is 20.2 Å². The summed E-state index contributed by atoms with van der Waals surface area (Å²) in [5, 5.41) is 15.0. The molecular weight excluding hydrogens is 356 g/mol. The van der Waals surface area contributed by atoms with E-state index in [9.17, 15) is 4.79 Å². The maximum absolute atomic E-state index is 12.8. The quantitative estimate of drug-likeness (QED) is 0.821. The summed E-state index contributed by atoms with van der Waals surface area (Å²) in [5.74, 6) is 0.690. The van der Waals surface area contributed by atoms with Gasteiger partial charge in [0.05, 0.1) is 11.5 Å². The van der Waals surface area contributed by atoms with Crippen molar-refractivity contribution in [3.8, 4) is 11.4 Å². The number of anilines is 1. The second-order valence-electron chi connectivity index (χ2n) is 6.81. The summed E-state index contributed by atoms with van der Waals surface area (Å²) in [6.45, 7) is 1.46. The van der Waals surface area contributed by atoms with Crippen molar-refractivity contribution in [2.75, 3.05) is 25.1 Å². The van der Waals surface area contributed by atoms with Crippen LogP contribution in [0.25, 0.3) is 11.4 Å². The molecule has 1 aromatic carbocycles. The van der Waals surface area contributed by atoms with Crippen LogP contribution in [0.3, 0.4) is 0 Å². The van der Waals surface area contributed by atoms with E-state index in [1.54, 1.807) is 0 Å². The molecule has 8 nitrogen and oxygen atoms in total. The van der Waals surface area contributed by atoms with Crippen molar-refractivity contribution in [3.05, 3.63) is 24.3 Å². The molecule has 1 aliphatic heterocycles. The minimum absolute atomic E-state index is 0. The van der Waals surface area contributed by atoms with Crippen molar-refractivity contribution in [2.45, 2.75) is 31.7 Å². The smallest absolute Gasteiger partial charge is 0.232 e. The molecule has 0 radical (unpaired) electrons. The summed E-state index contributed by atoms with van der Waals surface area (Å²) in [6, 6.07) is 8.02. The SMILES string of the molecule is Cl.NCC1(C(=O)Nc2cccc(-c3nnnn3C3CC3)c2)CCOCC1. The number of rotatable bonds is 5. The number of hydrogen-bond donors (Lipinski definition) is 2. The standard InChI is InChI=1S/C17H22N6O2.ClH/c18-11-17(6-8-25-9-7-17)16(24)19-13-3-1-2-12(10-13)15-20-21-22-23(15)14-4-5-14;/h1-3,10,14H,4-9,11,18H2,(H,19,24);1H. The Bertz CT molecular complexity index is 770. The van der Waals surface area contributed by atoms with Crippen LogP contribution in [0.1, 0.15) is 31.7 Å². The molecule has 3 N–H and O–H groups in total. The predicted molar refractivity (Wildman–Crippen MR) is 98.9 cm³/mol. The fourth-order valence-electron chi connectivity index (χ4n) is 3.23. The largest absolute Gasteiger partial charge is 0.381 e. The van der Waals surface area contributed by atoms with E-state index in [1.807, 2.05) is 28.9 Å². The molecule has 140 valence electrons. The van der Waals surface area contributed by atoms with Crippen LogP contribution in [0.15, 0.2) is 24.3 Å². The first kappa shape index (κ1) is 18.8. The van der Waals surface area contributed by atoms with Gasteiger partial charge in [-0.2, -0.15) is 0 Å². The predicted octanol–water partition coefficient (Wildman–Crippen LogP) is 1.79. The molecule has 2 fully saturated rings. The zero-order valence-corrected chi connectivity index (χ0v) is 15.2. The second kappa shape index (κ2) is 7.69. The van der Waals surface area contributed by atoms with Gasteiger partial charge in [-0.05, 0) is 48.2 Å². The molecule has 2 aromatic rings. The number of aromatic nitrogens is 4. The normalized spacial score (nSPS) is 18.8. The molecule has 1 saturated carbocycles. The Labute approximate surface area is 157 Å². The monoisotopic (exact) mass is 378 g/mol. The summed E-state index contributed by atoms with van der Waals surface area (Å²) in [7, 11) is 0. The summed E-state index contributed by atoms with van der Waals surface area (Å²) in [6.07, 6.45) is 3.51. The molecule has 4 rings (SSSR count). The highest BCUT2D eigenvalue weighted by Gasteiger charge is 2.38. The highest BCUT2D eigenvalue weighted by atomic mass is 35.5. The highest BCUT2D eigenvalue weighted by molar-refractivity contribution is 5.96. The average Bonchev–Trinajstić information content (AvgIpc) is 3.39. The summed E-state index contributed by atoms with van der Waals surface area (Å²) in [5.41, 5.74) is 6.98. The number of ether oxygens (including phenoxy) is 1. The van der Waals surface area contributed by atoms with Crippen LogP contribution in [0.5, 0.6) is 0 Å². The van der Waals surface area contributed by atoms with Crippen molar-refractivity contribution >= 4 is 24.0 Å². The van der Waals surface area contributed by atoms with Crippen LogP contribution in [-0.4, -0.2) is 45.9 Å². The Morgan fingerprint density at radius 3 is 2.81 bits per heavy atom. The van der Waals surface area contributed by atoms with Crippen LogP contribution in [0.2, 0.25) is 0 Å². The number of halogens is 1. The van der Waals surface area contributed by atoms with E-state index in [0.29, 0.717) is 38.6 Å². The van der Waals surface area contributed by atoms with E-state index in [1.165, 1.54) is 0 Å². The zero-order valence-electron chi connectivity index (χ0n) is 14.4. The second-order valence-corrected chi connectivity index (χ2v) is 6.81. The number of benzene rings is 1. The minimum atomic E-state index is -0.552. The molecule has 1 saturated heterocycles. The third-order valence-corrected chi connectivity index (χ3v) is 5.09. The number of amides is 1. The number of carbonyl (C=O) groups excluding carboxylic acids is 1. The van der Waals surface area contributed by atoms with Crippen molar-refractivity contribution in [3.63, 3.8) is 0 Å². The van der Waals surface area contributed by atoms with Gasteiger partial charge < -0.3 is 15.8 Å². The molecule has 0 bridgehead atoms. The molecule has 2 heterocycles. The van der Waals surface area contributed by atoms with E-state index >= 15 is 0 Å². The fourth-order valence-corrected chi connectivity index (χ4v) is 3.23. The first-order valence-electron chi connectivity index (χ1n) is 8.69. The van der Waals surface area contributed by atoms with Gasteiger partial charge in [0.1, 0.15) is 0 Å². The van der Waals surface area contributed by atoms with Gasteiger partial charge in [0.15, 0.2) is 5.82 Å². The lowest BCUT2D eigenvalue weighted by Gasteiger charge is -2.34. The summed E-state index contributed by atoms with van der Waals surface area (Å²) < 4.78 is 7.24. The zero-order chi connectivity index (χ0) is 17.3. The Balaban J connectivity index is 0.00000196. The van der Waals surface area contributed by atoms with E-state index in [0.717, 1.165) is 29.9 Å². The van der Waals surface area contributed by atoms with Crippen LogP contribution >= 0.6 is 12.4 Å². The van der Waals surface area contributed by atoms with E-state index in [4.69, 9.17) is 10.5 Å². The molecule has 9 heteroatoms. The number of carbonyl (C=O) groups is 1. The Hall–Kier alpha value is -2.03. The lowest BCUT2D eigenvalue weighted by molar-refractivity contribution is -0.130. The average molecular weight is 379 g/mol. The lowest BCUT2D eigenvalue weighted by atomic mass is 9.79. The fraction of sp³-hybridized carbons (Fsp3) is 0.529. The highest BCUT2D eigenvalue weighted by Crippen LogP contribution is 2.37. The Morgan fingerprint density at radius 2 is 2.12 bits per heavy atom. The third-order valence-electron chi connectivity index (χ3n) is 5.09. The molecule has 0 unspecified atom stereocenters. The van der Waals surface area contributed by atoms with Gasteiger partial charge in [-0.25, -0.2) is 4.68 Å². The molecule has 1 aromatic heterocycles. The maximum Gasteiger partial charge on any atom is 0.232 e. The van der Waals surface area contributed by atoms with Gasteiger partial charge >= 0.3 is 0 Å². The molecule has 2 aliphatic rings. The Kier molecular flexibility index (Phi) is 5.55. The Morgan fingerprint density at radius 1 is 1.35 bits per heavy atom. The van der Waals surface area contributed by atoms with Crippen LogP contribution in [0, 0.1) is 5.41 Å². The molecule has 1 aliphatic carbocycles. The molecule has 26 heavy (non-hydrogen) atoms. The number of nitrogens with zero attached hydrogens (tertiary/aromatic N) is 4. The van der Waals surface area contributed by atoms with Gasteiger partial charge in [0.2, 0.25) is 5.91 Å². The van der Waals surface area contributed by atoms with E-state index in [-0.39, 0.29) is 18.3 Å². The minimum Gasteiger partial charge on any atom is -0.381 e. The van der Waals surface area contributed by atoms with E-state index in [2.05, 4.69) is 20.8 Å². The van der Waals surface area contributed by atoms with Crippen LogP contribution in [0.4, 0.5) is 5.69 Å². The first-order chi connectivity index (χ1) is 12.2. The summed E-state index contributed by atoms with van der Waals surface area (Å²) in [4.78, 5) is 12.8. The maximum atomic E-state index is 12.8. The van der Waals surface area contributed by atoms with E-state index < -0.39 is 5.41 Å². The topological polar surface area (TPSA) is 108 Å². The number of nitrogens with two attached hydrogens (primary N) is 1. The van der Waals surface area contributed by atoms with Crippen molar-refractivity contribution < 1.29 is 9.53 Å². The molecular formula is C17H23ClN6O2. The number of hydrogen-bond acceptors (Lipinski definition) is 6. The van der Waals surface area contributed by atoms with Gasteiger partial charge in [-0.3, -0.25) is 4.79 Å². The lowest BCUT2D eigenvalue weighted by Crippen LogP contribution is -2.46. The number of nitrogens with one attached hydrogen (secondary N) is 1. The summed E-state index contributed by atoms with van der Waals surface area (Å²) >= 11 is 0. The third kappa shape index (κ3) is 3.58. The van der Waals surface area contributed by atoms with Gasteiger partial charge in [-0.1, -0.05) is 12.1 Å². The van der Waals surface area contributed by atoms with Gasteiger partial charge in [0.25, 0.3) is 0 Å². The first-order valence-corrected chi connectivity index (χ1v) is 8.69.